The predicted octanol–water partition coefficient (Wildman–Crippen LogP) is 5.67. The van der Waals surface area contributed by atoms with Gasteiger partial charge in [-0.1, -0.05) is 42.5 Å². The van der Waals surface area contributed by atoms with Crippen LogP contribution in [0.15, 0.2) is 73.0 Å². The molecule has 3 heteroatoms. The molecular formula is C27H24O3. The highest BCUT2D eigenvalue weighted by Gasteiger charge is 2.25. The summed E-state index contributed by atoms with van der Waals surface area (Å²) in [6.07, 6.45) is 6.77. The Morgan fingerprint density at radius 2 is 1.63 bits per heavy atom. The summed E-state index contributed by atoms with van der Waals surface area (Å²) in [4.78, 5) is 0. The van der Waals surface area contributed by atoms with Gasteiger partial charge in [-0.3, -0.25) is 0 Å². The SMILES string of the molecule is C1=COc2ccc(C3Cc4cc(C5COc6ccccc6C5)ccc4CO3)cc2C1. The number of benzene rings is 3. The normalized spacial score (nSPS) is 21.6. The van der Waals surface area contributed by atoms with E-state index in [0.717, 1.165) is 37.4 Å². The van der Waals surface area contributed by atoms with Gasteiger partial charge in [0.25, 0.3) is 0 Å². The van der Waals surface area contributed by atoms with Crippen molar-refractivity contribution in [2.24, 2.45) is 0 Å². The molecule has 3 aromatic rings. The second-order valence-electron chi connectivity index (χ2n) is 8.41. The third kappa shape index (κ3) is 3.20. The van der Waals surface area contributed by atoms with Crippen LogP contribution in [-0.4, -0.2) is 6.61 Å². The van der Waals surface area contributed by atoms with E-state index in [1.807, 2.05) is 6.07 Å². The van der Waals surface area contributed by atoms with Crippen LogP contribution in [0.1, 0.15) is 45.4 Å². The molecule has 0 aromatic heterocycles. The van der Waals surface area contributed by atoms with Crippen molar-refractivity contribution in [3.05, 3.63) is 106 Å². The zero-order valence-electron chi connectivity index (χ0n) is 16.8. The smallest absolute Gasteiger partial charge is 0.130 e. The van der Waals surface area contributed by atoms with Crippen LogP contribution < -0.4 is 9.47 Å². The van der Waals surface area contributed by atoms with Gasteiger partial charge in [-0.15, -0.1) is 0 Å². The molecule has 0 saturated heterocycles. The first kappa shape index (κ1) is 17.8. The van der Waals surface area contributed by atoms with Gasteiger partial charge in [0.05, 0.1) is 25.6 Å². The zero-order chi connectivity index (χ0) is 19.9. The Kier molecular flexibility index (Phi) is 4.35. The topological polar surface area (TPSA) is 27.7 Å². The molecule has 2 unspecified atom stereocenters. The minimum atomic E-state index is 0.0901. The summed E-state index contributed by atoms with van der Waals surface area (Å²) in [7, 11) is 0. The van der Waals surface area contributed by atoms with Crippen molar-refractivity contribution in [1.82, 2.24) is 0 Å². The summed E-state index contributed by atoms with van der Waals surface area (Å²) in [5.74, 6) is 2.39. The fraction of sp³-hybridized carbons (Fsp3) is 0.259. The second-order valence-corrected chi connectivity index (χ2v) is 8.41. The maximum Gasteiger partial charge on any atom is 0.130 e. The zero-order valence-corrected chi connectivity index (χ0v) is 16.8. The third-order valence-electron chi connectivity index (χ3n) is 6.51. The number of fused-ring (bicyclic) bond motifs is 3. The molecule has 150 valence electrons. The summed E-state index contributed by atoms with van der Waals surface area (Å²) < 4.78 is 17.9. The Bertz CT molecular complexity index is 1130. The molecule has 6 rings (SSSR count). The first-order valence-corrected chi connectivity index (χ1v) is 10.7. The molecule has 0 N–H and O–H groups in total. The third-order valence-corrected chi connectivity index (χ3v) is 6.51. The summed E-state index contributed by atoms with van der Waals surface area (Å²) >= 11 is 0. The van der Waals surface area contributed by atoms with Crippen molar-refractivity contribution in [1.29, 1.82) is 0 Å². The molecule has 0 saturated carbocycles. The highest BCUT2D eigenvalue weighted by atomic mass is 16.5. The lowest BCUT2D eigenvalue weighted by atomic mass is 9.86. The fourth-order valence-corrected chi connectivity index (χ4v) is 4.81. The van der Waals surface area contributed by atoms with Crippen LogP contribution in [-0.2, 0) is 30.6 Å². The van der Waals surface area contributed by atoms with E-state index in [9.17, 15) is 0 Å². The molecule has 3 aromatic carbocycles. The average Bonchev–Trinajstić information content (AvgIpc) is 2.82. The van der Waals surface area contributed by atoms with Crippen molar-refractivity contribution >= 4 is 0 Å². The van der Waals surface area contributed by atoms with Crippen LogP contribution in [0.25, 0.3) is 0 Å². The van der Waals surface area contributed by atoms with Crippen molar-refractivity contribution in [2.75, 3.05) is 6.61 Å². The Hall–Kier alpha value is -3.04. The number of rotatable bonds is 2. The van der Waals surface area contributed by atoms with E-state index in [1.54, 1.807) is 6.26 Å². The van der Waals surface area contributed by atoms with Gasteiger partial charge >= 0.3 is 0 Å². The van der Waals surface area contributed by atoms with Gasteiger partial charge in [-0.05, 0) is 70.5 Å². The van der Waals surface area contributed by atoms with E-state index in [4.69, 9.17) is 14.2 Å². The Morgan fingerprint density at radius 3 is 2.63 bits per heavy atom. The minimum absolute atomic E-state index is 0.0901. The predicted molar refractivity (Wildman–Crippen MR) is 116 cm³/mol. The molecular weight excluding hydrogens is 372 g/mol. The molecule has 30 heavy (non-hydrogen) atoms. The molecule has 0 amide bonds. The van der Waals surface area contributed by atoms with Crippen LogP contribution >= 0.6 is 0 Å². The quantitative estimate of drug-likeness (QED) is 0.559. The highest BCUT2D eigenvalue weighted by Crippen LogP contribution is 2.37. The van der Waals surface area contributed by atoms with Crippen molar-refractivity contribution in [2.45, 2.75) is 37.9 Å². The van der Waals surface area contributed by atoms with Crippen molar-refractivity contribution in [3.8, 4) is 11.5 Å². The van der Waals surface area contributed by atoms with E-state index in [-0.39, 0.29) is 6.10 Å². The van der Waals surface area contributed by atoms with Gasteiger partial charge in [0.2, 0.25) is 0 Å². The number of allylic oxidation sites excluding steroid dienone is 1. The molecule has 0 radical (unpaired) electrons. The monoisotopic (exact) mass is 396 g/mol. The van der Waals surface area contributed by atoms with Gasteiger partial charge < -0.3 is 14.2 Å². The summed E-state index contributed by atoms with van der Waals surface area (Å²) in [5.41, 5.74) is 7.84. The van der Waals surface area contributed by atoms with E-state index in [2.05, 4.69) is 60.7 Å². The minimum Gasteiger partial charge on any atom is -0.493 e. The maximum absolute atomic E-state index is 6.23. The van der Waals surface area contributed by atoms with Crippen LogP contribution in [0.2, 0.25) is 0 Å². The van der Waals surface area contributed by atoms with Gasteiger partial charge in [-0.25, -0.2) is 0 Å². The lowest BCUT2D eigenvalue weighted by Crippen LogP contribution is -2.21. The number of hydrogen-bond acceptors (Lipinski definition) is 3. The Morgan fingerprint density at radius 1 is 0.733 bits per heavy atom. The Labute approximate surface area is 176 Å². The molecule has 0 fully saturated rings. The van der Waals surface area contributed by atoms with Gasteiger partial charge in [0, 0.05) is 12.3 Å². The van der Waals surface area contributed by atoms with E-state index < -0.39 is 0 Å². The summed E-state index contributed by atoms with van der Waals surface area (Å²) in [6, 6.07) is 21.7. The van der Waals surface area contributed by atoms with Crippen LogP contribution in [0.5, 0.6) is 11.5 Å². The van der Waals surface area contributed by atoms with Gasteiger partial charge in [0.1, 0.15) is 11.5 Å². The molecule has 2 atom stereocenters. The standard InChI is InChI=1S/C27H24O3/c1-2-6-25-19(4-1)14-24(17-29-25)18-7-8-22-16-30-27(15-23(22)12-18)21-9-10-26-20(13-21)5-3-11-28-26/h1-4,6-13,24,27H,5,14-17H2. The van der Waals surface area contributed by atoms with E-state index >= 15 is 0 Å². The first-order valence-electron chi connectivity index (χ1n) is 10.7. The van der Waals surface area contributed by atoms with Crippen molar-refractivity contribution < 1.29 is 14.2 Å². The molecule has 0 bridgehead atoms. The molecule has 3 aliphatic rings. The average molecular weight is 396 g/mol. The van der Waals surface area contributed by atoms with Gasteiger partial charge in [0.15, 0.2) is 0 Å². The van der Waals surface area contributed by atoms with Crippen LogP contribution in [0, 0.1) is 0 Å². The number of hydrogen-bond donors (Lipinski definition) is 0. The fourth-order valence-electron chi connectivity index (χ4n) is 4.81. The van der Waals surface area contributed by atoms with Crippen molar-refractivity contribution in [3.63, 3.8) is 0 Å². The first-order chi connectivity index (χ1) is 14.8. The van der Waals surface area contributed by atoms with Gasteiger partial charge in [-0.2, -0.15) is 0 Å². The van der Waals surface area contributed by atoms with E-state index in [1.165, 1.54) is 33.4 Å². The summed E-state index contributed by atoms with van der Waals surface area (Å²) in [5, 5.41) is 0. The largest absolute Gasteiger partial charge is 0.493 e. The number of ether oxygens (including phenoxy) is 3. The Balaban J connectivity index is 1.25. The van der Waals surface area contributed by atoms with Crippen LogP contribution in [0.3, 0.4) is 0 Å². The molecule has 3 nitrogen and oxygen atoms in total. The second kappa shape index (κ2) is 7.33. The lowest BCUT2D eigenvalue weighted by Gasteiger charge is -2.29. The molecule has 0 aliphatic carbocycles. The molecule has 3 aliphatic heterocycles. The molecule has 0 spiro atoms. The highest BCUT2D eigenvalue weighted by molar-refractivity contribution is 5.44. The summed E-state index contributed by atoms with van der Waals surface area (Å²) in [6.45, 7) is 1.41. The number of para-hydroxylation sites is 1. The molecule has 3 heterocycles. The lowest BCUT2D eigenvalue weighted by molar-refractivity contribution is 0.0273. The maximum atomic E-state index is 6.23. The van der Waals surface area contributed by atoms with E-state index in [0.29, 0.717) is 12.5 Å². The van der Waals surface area contributed by atoms with Crippen LogP contribution in [0.4, 0.5) is 0 Å².